The lowest BCUT2D eigenvalue weighted by atomic mass is 10.1. The van der Waals surface area contributed by atoms with Gasteiger partial charge in [0.2, 0.25) is 23.6 Å². The molecule has 202 valence electrons. The van der Waals surface area contributed by atoms with Gasteiger partial charge in [-0.2, -0.15) is 9.97 Å². The molecule has 37 heavy (non-hydrogen) atoms. The third-order valence-electron chi connectivity index (χ3n) is 5.72. The number of guanidine groups is 1. The molecule has 0 bridgehead atoms. The quantitative estimate of drug-likeness (QED) is 0.218. The van der Waals surface area contributed by atoms with Crippen LogP contribution in [0.2, 0.25) is 5.02 Å². The van der Waals surface area contributed by atoms with E-state index in [1.165, 1.54) is 47.0 Å². The molecule has 1 aliphatic rings. The fourth-order valence-electron chi connectivity index (χ4n) is 3.35. The molecule has 1 fully saturated rings. The Bertz CT molecular complexity index is 1200. The van der Waals surface area contributed by atoms with E-state index in [1.54, 1.807) is 6.92 Å². The average molecular weight is 557 g/mol. The summed E-state index contributed by atoms with van der Waals surface area (Å²) in [7, 11) is -0.253. The SMILES string of the molecule is COc1ncnc(OC)c1NC(=NS(=O)(=O)[C@@H](C)[C@H](OC)c1ncc(Cl)cn1)NNC(=O)[C@@H](C)C1CC1. The first-order valence-corrected chi connectivity index (χ1v) is 13.1. The predicted molar refractivity (Wildman–Crippen MR) is 135 cm³/mol. The minimum Gasteiger partial charge on any atom is -0.479 e. The van der Waals surface area contributed by atoms with Gasteiger partial charge in [-0.25, -0.2) is 18.4 Å². The fourth-order valence-corrected chi connectivity index (χ4v) is 4.51. The fraction of sp³-hybridized carbons (Fsp3) is 0.524. The number of carbonyl (C=O) groups is 1. The minimum absolute atomic E-state index is 0.0498. The number of nitrogens with one attached hydrogen (secondary N) is 3. The van der Waals surface area contributed by atoms with Gasteiger partial charge in [0.25, 0.3) is 10.0 Å². The largest absolute Gasteiger partial charge is 0.479 e. The van der Waals surface area contributed by atoms with Crippen molar-refractivity contribution in [1.29, 1.82) is 0 Å². The summed E-state index contributed by atoms with van der Waals surface area (Å²) in [5.41, 5.74) is 5.13. The molecule has 0 saturated heterocycles. The van der Waals surface area contributed by atoms with E-state index in [0.717, 1.165) is 12.8 Å². The van der Waals surface area contributed by atoms with Crippen molar-refractivity contribution < 1.29 is 27.4 Å². The van der Waals surface area contributed by atoms with Crippen LogP contribution in [0.5, 0.6) is 11.8 Å². The number of hydrogen-bond donors (Lipinski definition) is 3. The van der Waals surface area contributed by atoms with Crippen molar-refractivity contribution in [2.75, 3.05) is 26.6 Å². The maximum atomic E-state index is 13.3. The van der Waals surface area contributed by atoms with Crippen molar-refractivity contribution in [1.82, 2.24) is 30.8 Å². The van der Waals surface area contributed by atoms with Crippen LogP contribution in [0, 0.1) is 11.8 Å². The molecular weight excluding hydrogens is 528 g/mol. The van der Waals surface area contributed by atoms with E-state index in [9.17, 15) is 13.2 Å². The lowest BCUT2D eigenvalue weighted by Gasteiger charge is -2.21. The van der Waals surface area contributed by atoms with Gasteiger partial charge >= 0.3 is 0 Å². The molecule has 14 nitrogen and oxygen atoms in total. The van der Waals surface area contributed by atoms with Crippen molar-refractivity contribution in [3.05, 3.63) is 29.6 Å². The molecule has 2 heterocycles. The maximum Gasteiger partial charge on any atom is 0.262 e. The van der Waals surface area contributed by atoms with Crippen LogP contribution in [-0.2, 0) is 19.6 Å². The molecule has 1 aliphatic carbocycles. The van der Waals surface area contributed by atoms with Crippen molar-refractivity contribution in [3.8, 4) is 11.8 Å². The molecule has 1 amide bonds. The highest BCUT2D eigenvalue weighted by atomic mass is 35.5. The van der Waals surface area contributed by atoms with Gasteiger partial charge in [-0.15, -0.1) is 4.40 Å². The first kappa shape index (κ1) is 28.3. The zero-order chi connectivity index (χ0) is 27.2. The number of hydrogen-bond acceptors (Lipinski definition) is 10. The third-order valence-corrected chi connectivity index (χ3v) is 7.54. The lowest BCUT2D eigenvalue weighted by molar-refractivity contribution is -0.125. The molecule has 2 aromatic heterocycles. The number of carbonyl (C=O) groups excluding carboxylic acids is 1. The Hall–Kier alpha value is -3.30. The number of amides is 1. The molecule has 0 aromatic carbocycles. The zero-order valence-corrected chi connectivity index (χ0v) is 22.5. The van der Waals surface area contributed by atoms with Crippen LogP contribution < -0.4 is 25.6 Å². The molecule has 0 unspecified atom stereocenters. The van der Waals surface area contributed by atoms with E-state index >= 15 is 0 Å². The van der Waals surface area contributed by atoms with Crippen molar-refractivity contribution in [2.24, 2.45) is 16.2 Å². The summed E-state index contributed by atoms with van der Waals surface area (Å²) < 4.78 is 46.4. The Labute approximate surface area is 219 Å². The summed E-state index contributed by atoms with van der Waals surface area (Å²) in [6.45, 7) is 3.19. The first-order chi connectivity index (χ1) is 17.6. The third kappa shape index (κ3) is 7.14. The van der Waals surface area contributed by atoms with E-state index in [0.29, 0.717) is 0 Å². The highest BCUT2D eigenvalue weighted by Gasteiger charge is 2.35. The van der Waals surface area contributed by atoms with Crippen molar-refractivity contribution >= 4 is 39.2 Å². The molecule has 3 atom stereocenters. The summed E-state index contributed by atoms with van der Waals surface area (Å²) in [6, 6.07) is 0. The lowest BCUT2D eigenvalue weighted by Crippen LogP contribution is -2.48. The molecule has 16 heteroatoms. The molecule has 0 spiro atoms. The highest BCUT2D eigenvalue weighted by molar-refractivity contribution is 7.90. The van der Waals surface area contributed by atoms with Crippen LogP contribution in [-0.4, -0.2) is 66.8 Å². The van der Waals surface area contributed by atoms with Gasteiger partial charge in [0.1, 0.15) is 17.7 Å². The van der Waals surface area contributed by atoms with Gasteiger partial charge in [-0.05, 0) is 25.7 Å². The molecule has 1 saturated carbocycles. The van der Waals surface area contributed by atoms with Crippen LogP contribution >= 0.6 is 11.6 Å². The monoisotopic (exact) mass is 556 g/mol. The van der Waals surface area contributed by atoms with E-state index in [1.807, 2.05) is 0 Å². The second-order valence-electron chi connectivity index (χ2n) is 8.21. The Morgan fingerprint density at radius 1 is 1.05 bits per heavy atom. The Morgan fingerprint density at radius 2 is 1.65 bits per heavy atom. The van der Waals surface area contributed by atoms with Gasteiger partial charge in [0.05, 0.1) is 19.2 Å². The number of nitrogens with zero attached hydrogens (tertiary/aromatic N) is 5. The first-order valence-electron chi connectivity index (χ1n) is 11.2. The smallest absolute Gasteiger partial charge is 0.262 e. The van der Waals surface area contributed by atoms with E-state index < -0.39 is 21.4 Å². The second-order valence-corrected chi connectivity index (χ2v) is 10.6. The van der Waals surface area contributed by atoms with Crippen LogP contribution in [0.1, 0.15) is 38.6 Å². The summed E-state index contributed by atoms with van der Waals surface area (Å²) in [4.78, 5) is 28.7. The standard InChI is InChI=1S/C21H29ClN8O6S/c1-11(13-6-7-13)18(31)28-29-21(27-15-19(35-4)25-10-26-20(15)36-5)30-37(32,33)12(2)16(34-3)17-23-8-14(22)9-24-17/h8-13,16H,6-7H2,1-5H3,(H,28,31)(H2,27,29,30)/t11-,12-,16-/m0/s1. The van der Waals surface area contributed by atoms with Crippen molar-refractivity contribution in [3.63, 3.8) is 0 Å². The summed E-state index contributed by atoms with van der Waals surface area (Å²) in [6.07, 6.45) is 4.72. The maximum absolute atomic E-state index is 13.3. The number of hydrazine groups is 1. The van der Waals surface area contributed by atoms with Crippen LogP contribution in [0.3, 0.4) is 0 Å². The summed E-state index contributed by atoms with van der Waals surface area (Å²) in [5.74, 6) is -0.470. The number of methoxy groups -OCH3 is 3. The van der Waals surface area contributed by atoms with Gasteiger partial charge in [-0.1, -0.05) is 18.5 Å². The van der Waals surface area contributed by atoms with E-state index in [-0.39, 0.29) is 52.0 Å². The van der Waals surface area contributed by atoms with Crippen LogP contribution in [0.15, 0.2) is 23.1 Å². The molecular formula is C21H29ClN8O6S. The summed E-state index contributed by atoms with van der Waals surface area (Å²) in [5, 5.41) is 1.80. The molecule has 2 aromatic rings. The number of halogens is 1. The van der Waals surface area contributed by atoms with Crippen molar-refractivity contribution in [2.45, 2.75) is 38.0 Å². The zero-order valence-electron chi connectivity index (χ0n) is 20.9. The molecule has 3 N–H and O–H groups in total. The second kappa shape index (κ2) is 12.3. The summed E-state index contributed by atoms with van der Waals surface area (Å²) >= 11 is 5.84. The Balaban J connectivity index is 1.94. The topological polar surface area (TPSA) is 179 Å². The van der Waals surface area contributed by atoms with E-state index in [4.69, 9.17) is 25.8 Å². The normalized spacial score (nSPS) is 16.3. The molecule has 3 rings (SSSR count). The number of sulfonamides is 1. The molecule has 0 aliphatic heterocycles. The number of ether oxygens (including phenoxy) is 3. The highest BCUT2D eigenvalue weighted by Crippen LogP contribution is 2.36. The number of anilines is 1. The van der Waals surface area contributed by atoms with E-state index in [2.05, 4.69) is 40.5 Å². The van der Waals surface area contributed by atoms with Crippen LogP contribution in [0.25, 0.3) is 0 Å². The van der Waals surface area contributed by atoms with Gasteiger partial charge < -0.3 is 19.5 Å². The number of rotatable bonds is 10. The van der Waals surface area contributed by atoms with Crippen LogP contribution in [0.4, 0.5) is 5.69 Å². The molecule has 0 radical (unpaired) electrons. The van der Waals surface area contributed by atoms with Gasteiger partial charge in [0.15, 0.2) is 11.5 Å². The number of aromatic nitrogens is 4. The predicted octanol–water partition coefficient (Wildman–Crippen LogP) is 1.48. The Kier molecular flexibility index (Phi) is 9.39. The Morgan fingerprint density at radius 3 is 2.16 bits per heavy atom. The van der Waals surface area contributed by atoms with Gasteiger partial charge in [0, 0.05) is 25.4 Å². The van der Waals surface area contributed by atoms with Gasteiger partial charge in [-0.3, -0.25) is 15.6 Å². The minimum atomic E-state index is -4.31. The average Bonchev–Trinajstić information content (AvgIpc) is 3.73.